The number of hydrogen-bond donors (Lipinski definition) is 0. The van der Waals surface area contributed by atoms with E-state index >= 15 is 0 Å². The predicted molar refractivity (Wildman–Crippen MR) is 151 cm³/mol. The molecule has 7 nitrogen and oxygen atoms in total. The summed E-state index contributed by atoms with van der Waals surface area (Å²) in [5.74, 6) is 2.18. The van der Waals surface area contributed by atoms with Crippen molar-refractivity contribution in [3.63, 3.8) is 0 Å². The van der Waals surface area contributed by atoms with Crippen molar-refractivity contribution in [1.29, 1.82) is 0 Å². The van der Waals surface area contributed by atoms with E-state index in [1.165, 1.54) is 0 Å². The summed E-state index contributed by atoms with van der Waals surface area (Å²) in [7, 11) is 0. The molecular formula is C27H14Cl5N3O4. The molecule has 12 heteroatoms. The second-order valence-corrected chi connectivity index (χ2v) is 9.75. The van der Waals surface area contributed by atoms with Gasteiger partial charge in [-0.25, -0.2) is 0 Å². The van der Waals surface area contributed by atoms with Crippen LogP contribution in [0.15, 0.2) is 84.9 Å². The molecule has 0 unspecified atom stereocenters. The Hall–Kier alpha value is -3.46. The molecule has 0 saturated carbocycles. The number of aromatic nitrogens is 3. The molecule has 0 aliphatic carbocycles. The minimum atomic E-state index is -0.181. The van der Waals surface area contributed by atoms with Gasteiger partial charge >= 0.3 is 12.0 Å². The fourth-order valence-corrected chi connectivity index (χ4v) is 3.87. The molecule has 1 heterocycles. The molecule has 0 aliphatic rings. The number of hydrogen-bond acceptors (Lipinski definition) is 7. The van der Waals surface area contributed by atoms with Gasteiger partial charge in [0, 0.05) is 32.2 Å². The van der Waals surface area contributed by atoms with Crippen molar-refractivity contribution >= 4 is 58.0 Å². The van der Waals surface area contributed by atoms with Crippen LogP contribution in [-0.2, 0) is 0 Å². The van der Waals surface area contributed by atoms with Crippen LogP contribution in [0, 0.1) is 0 Å². The zero-order valence-corrected chi connectivity index (χ0v) is 23.2. The van der Waals surface area contributed by atoms with Crippen molar-refractivity contribution in [3.8, 4) is 46.5 Å². The van der Waals surface area contributed by atoms with E-state index in [2.05, 4.69) is 15.0 Å². The topological polar surface area (TPSA) is 75.6 Å². The monoisotopic (exact) mass is 619 g/mol. The fraction of sp³-hybridized carbons (Fsp3) is 0. The molecule has 0 radical (unpaired) electrons. The van der Waals surface area contributed by atoms with Gasteiger partial charge in [0.15, 0.2) is 23.0 Å². The lowest BCUT2D eigenvalue weighted by Gasteiger charge is -2.13. The zero-order valence-electron chi connectivity index (χ0n) is 19.4. The lowest BCUT2D eigenvalue weighted by atomic mass is 10.3. The Morgan fingerprint density at radius 2 is 0.769 bits per heavy atom. The summed E-state index contributed by atoms with van der Waals surface area (Å²) in [6, 6.07) is 22.9. The van der Waals surface area contributed by atoms with Gasteiger partial charge < -0.3 is 18.9 Å². The highest BCUT2D eigenvalue weighted by Gasteiger charge is 2.16. The normalized spacial score (nSPS) is 10.7. The highest BCUT2D eigenvalue weighted by molar-refractivity contribution is 6.31. The van der Waals surface area contributed by atoms with E-state index in [0.717, 1.165) is 0 Å². The molecule has 0 saturated heterocycles. The third kappa shape index (κ3) is 7.35. The smallest absolute Gasteiger partial charge is 0.329 e. The van der Waals surface area contributed by atoms with Crippen LogP contribution in [0.3, 0.4) is 0 Å². The predicted octanol–water partition coefficient (Wildman–Crippen LogP) is 10.3. The van der Waals surface area contributed by atoms with E-state index in [9.17, 15) is 0 Å². The van der Waals surface area contributed by atoms with Crippen LogP contribution in [0.4, 0.5) is 0 Å². The number of ether oxygens (including phenoxy) is 4. The first-order valence-electron chi connectivity index (χ1n) is 11.0. The summed E-state index contributed by atoms with van der Waals surface area (Å²) < 4.78 is 23.6. The second-order valence-electron chi connectivity index (χ2n) is 7.67. The van der Waals surface area contributed by atoms with Crippen LogP contribution in [0.5, 0.6) is 46.5 Å². The van der Waals surface area contributed by atoms with Gasteiger partial charge in [0.2, 0.25) is 5.28 Å². The molecule has 0 N–H and O–H groups in total. The van der Waals surface area contributed by atoms with Crippen molar-refractivity contribution in [1.82, 2.24) is 15.0 Å². The first kappa shape index (κ1) is 27.1. The molecule has 0 atom stereocenters. The van der Waals surface area contributed by atoms with E-state index < -0.39 is 0 Å². The number of halogens is 5. The summed E-state index contributed by atoms with van der Waals surface area (Å²) in [6.07, 6.45) is 0. The van der Waals surface area contributed by atoms with Gasteiger partial charge in [-0.15, -0.1) is 4.98 Å². The molecule has 0 bridgehead atoms. The van der Waals surface area contributed by atoms with E-state index in [0.29, 0.717) is 43.1 Å². The van der Waals surface area contributed by atoms with Crippen LogP contribution >= 0.6 is 58.0 Å². The maximum atomic E-state index is 6.19. The van der Waals surface area contributed by atoms with Crippen LogP contribution in [0.1, 0.15) is 0 Å². The minimum absolute atomic E-state index is 0.171. The van der Waals surface area contributed by atoms with Crippen molar-refractivity contribution < 1.29 is 18.9 Å². The van der Waals surface area contributed by atoms with Gasteiger partial charge in [0.25, 0.3) is 0 Å². The van der Waals surface area contributed by atoms with Crippen LogP contribution in [0.25, 0.3) is 0 Å². The maximum absolute atomic E-state index is 6.19. The van der Waals surface area contributed by atoms with E-state index in [1.54, 1.807) is 84.9 Å². The molecule has 5 aromatic rings. The number of nitrogens with zero attached hydrogens (tertiary/aromatic N) is 3. The molecule has 0 spiro atoms. The van der Waals surface area contributed by atoms with Gasteiger partial charge in [-0.1, -0.05) is 46.4 Å². The molecule has 5 rings (SSSR count). The lowest BCUT2D eigenvalue weighted by molar-refractivity contribution is 0.368. The largest absolute Gasteiger partial charge is 0.453 e. The Kier molecular flexibility index (Phi) is 8.45. The van der Waals surface area contributed by atoms with Crippen molar-refractivity contribution in [2.45, 2.75) is 0 Å². The van der Waals surface area contributed by atoms with Crippen molar-refractivity contribution in [2.24, 2.45) is 0 Å². The van der Waals surface area contributed by atoms with Crippen molar-refractivity contribution in [3.05, 3.63) is 110 Å². The van der Waals surface area contributed by atoms with E-state index in [4.69, 9.17) is 77.0 Å². The third-order valence-electron chi connectivity index (χ3n) is 4.86. The number of benzene rings is 4. The highest BCUT2D eigenvalue weighted by atomic mass is 35.5. The average molecular weight is 622 g/mol. The Labute approximate surface area is 247 Å². The summed E-state index contributed by atoms with van der Waals surface area (Å²) in [5.41, 5.74) is 0. The summed E-state index contributed by atoms with van der Waals surface area (Å²) in [5, 5.41) is 1.76. The van der Waals surface area contributed by atoms with Crippen molar-refractivity contribution in [2.75, 3.05) is 0 Å². The van der Waals surface area contributed by atoms with Crippen LogP contribution in [0.2, 0.25) is 25.4 Å². The zero-order chi connectivity index (χ0) is 27.4. The first-order valence-corrected chi connectivity index (χ1v) is 12.9. The molecule has 0 amide bonds. The Bertz CT molecular complexity index is 1500. The van der Waals surface area contributed by atoms with Gasteiger partial charge in [0.05, 0.1) is 0 Å². The molecule has 1 aromatic heterocycles. The van der Waals surface area contributed by atoms with E-state index in [1.807, 2.05) is 0 Å². The fourth-order valence-electron chi connectivity index (χ4n) is 3.15. The Balaban J connectivity index is 1.41. The molecule has 196 valence electrons. The average Bonchev–Trinajstić information content (AvgIpc) is 2.89. The lowest BCUT2D eigenvalue weighted by Crippen LogP contribution is -2.00. The molecule has 4 aromatic carbocycles. The van der Waals surface area contributed by atoms with Gasteiger partial charge in [-0.3, -0.25) is 0 Å². The Morgan fingerprint density at radius 3 is 1.18 bits per heavy atom. The quantitative estimate of drug-likeness (QED) is 0.171. The first-order chi connectivity index (χ1) is 18.8. The van der Waals surface area contributed by atoms with E-state index in [-0.39, 0.29) is 28.8 Å². The highest BCUT2D eigenvalue weighted by Crippen LogP contribution is 2.39. The SMILES string of the molecule is Clc1ccc(Oc2ccc(Cl)cc2Oc2nc(Cl)nc(Oc3cc(Cl)ccc3Oc3ccc(Cl)cc3)n2)cc1. The summed E-state index contributed by atoms with van der Waals surface area (Å²) >= 11 is 30.5. The molecule has 39 heavy (non-hydrogen) atoms. The summed E-state index contributed by atoms with van der Waals surface area (Å²) in [6.45, 7) is 0. The van der Waals surface area contributed by atoms with Gasteiger partial charge in [-0.2, -0.15) is 9.97 Å². The minimum Gasteiger partial charge on any atom is -0.453 e. The summed E-state index contributed by atoms with van der Waals surface area (Å²) in [4.78, 5) is 12.3. The van der Waals surface area contributed by atoms with Gasteiger partial charge in [-0.05, 0) is 84.4 Å². The van der Waals surface area contributed by atoms with Crippen LogP contribution in [-0.4, -0.2) is 15.0 Å². The Morgan fingerprint density at radius 1 is 0.385 bits per heavy atom. The number of rotatable bonds is 8. The molecule has 0 fully saturated rings. The molecular weight excluding hydrogens is 608 g/mol. The second kappa shape index (κ2) is 12.2. The van der Waals surface area contributed by atoms with Crippen LogP contribution < -0.4 is 18.9 Å². The van der Waals surface area contributed by atoms with Gasteiger partial charge in [0.1, 0.15) is 11.5 Å². The molecule has 0 aliphatic heterocycles. The third-order valence-corrected chi connectivity index (χ3v) is 6.01. The maximum Gasteiger partial charge on any atom is 0.329 e. The standard InChI is InChI=1S/C27H14Cl5N3O4/c28-15-1-7-19(8-2-15)36-21-11-5-17(30)13-23(21)38-26-33-25(32)34-27(35-26)39-24-14-18(31)6-12-22(24)37-20-9-3-16(29)4-10-20/h1-14H.